The molecule has 0 bridgehead atoms. The molecule has 0 amide bonds. The number of ether oxygens (including phenoxy) is 1. The van der Waals surface area contributed by atoms with Gasteiger partial charge >= 0.3 is 0 Å². The summed E-state index contributed by atoms with van der Waals surface area (Å²) in [4.78, 5) is 0. The monoisotopic (exact) mass is 281 g/mol. The molecule has 19 heavy (non-hydrogen) atoms. The highest BCUT2D eigenvalue weighted by atomic mass is 35.5. The first-order valence-electron chi connectivity index (χ1n) is 7.19. The number of nitrogens with two attached hydrogens (primary N) is 1. The van der Waals surface area contributed by atoms with Crippen molar-refractivity contribution in [1.82, 2.24) is 0 Å². The molecule has 2 N–H and O–H groups in total. The topological polar surface area (TPSA) is 35.2 Å². The summed E-state index contributed by atoms with van der Waals surface area (Å²) in [5.41, 5.74) is 6.62. The third kappa shape index (κ3) is 3.36. The normalized spacial score (nSPS) is 27.5. The fourth-order valence-corrected chi connectivity index (χ4v) is 3.28. The SMILES string of the molecule is CC1CCC(C(C)C)C(Oc2c(N)cccc2Cl)C1. The number of halogens is 1. The van der Waals surface area contributed by atoms with Crippen molar-refractivity contribution in [1.29, 1.82) is 0 Å². The van der Waals surface area contributed by atoms with Crippen LogP contribution in [0.5, 0.6) is 5.75 Å². The van der Waals surface area contributed by atoms with E-state index in [2.05, 4.69) is 20.8 Å². The second-order valence-corrected chi connectivity index (χ2v) is 6.55. The molecule has 1 aliphatic rings. The zero-order chi connectivity index (χ0) is 14.0. The van der Waals surface area contributed by atoms with E-state index in [1.807, 2.05) is 18.2 Å². The Hall–Kier alpha value is -0.890. The molecular weight excluding hydrogens is 258 g/mol. The Morgan fingerprint density at radius 1 is 1.32 bits per heavy atom. The van der Waals surface area contributed by atoms with Crippen LogP contribution in [0.1, 0.15) is 40.0 Å². The van der Waals surface area contributed by atoms with Gasteiger partial charge in [-0.25, -0.2) is 0 Å². The number of hydrogen-bond donors (Lipinski definition) is 1. The Morgan fingerprint density at radius 2 is 2.05 bits per heavy atom. The van der Waals surface area contributed by atoms with Crippen molar-refractivity contribution in [2.75, 3.05) is 5.73 Å². The summed E-state index contributed by atoms with van der Waals surface area (Å²) in [6.07, 6.45) is 3.84. The van der Waals surface area contributed by atoms with Gasteiger partial charge in [0.25, 0.3) is 0 Å². The third-order valence-corrected chi connectivity index (χ3v) is 4.53. The number of benzene rings is 1. The third-order valence-electron chi connectivity index (χ3n) is 4.23. The number of anilines is 1. The molecule has 0 radical (unpaired) electrons. The van der Waals surface area contributed by atoms with Crippen molar-refractivity contribution < 1.29 is 4.74 Å². The smallest absolute Gasteiger partial charge is 0.161 e. The van der Waals surface area contributed by atoms with E-state index in [-0.39, 0.29) is 6.10 Å². The van der Waals surface area contributed by atoms with E-state index < -0.39 is 0 Å². The maximum absolute atomic E-state index is 6.21. The second-order valence-electron chi connectivity index (χ2n) is 6.14. The summed E-state index contributed by atoms with van der Waals surface area (Å²) in [6.45, 7) is 6.84. The average Bonchev–Trinajstić information content (AvgIpc) is 2.33. The summed E-state index contributed by atoms with van der Waals surface area (Å²) < 4.78 is 6.20. The second kappa shape index (κ2) is 6.04. The van der Waals surface area contributed by atoms with Gasteiger partial charge in [-0.15, -0.1) is 0 Å². The van der Waals surface area contributed by atoms with Gasteiger partial charge in [-0.05, 0) is 42.7 Å². The van der Waals surface area contributed by atoms with E-state index in [1.165, 1.54) is 12.8 Å². The lowest BCUT2D eigenvalue weighted by Gasteiger charge is -2.37. The summed E-state index contributed by atoms with van der Waals surface area (Å²) in [5, 5.41) is 0.612. The Morgan fingerprint density at radius 3 is 2.68 bits per heavy atom. The van der Waals surface area contributed by atoms with Crippen molar-refractivity contribution in [3.8, 4) is 5.75 Å². The molecule has 2 nitrogen and oxygen atoms in total. The van der Waals surface area contributed by atoms with E-state index in [0.717, 1.165) is 6.42 Å². The predicted molar refractivity (Wildman–Crippen MR) is 81.6 cm³/mol. The molecule has 0 heterocycles. The average molecular weight is 282 g/mol. The van der Waals surface area contributed by atoms with Gasteiger partial charge in [0.05, 0.1) is 10.7 Å². The van der Waals surface area contributed by atoms with Crippen molar-refractivity contribution in [3.05, 3.63) is 23.2 Å². The molecule has 1 aromatic carbocycles. The molecule has 106 valence electrons. The van der Waals surface area contributed by atoms with Gasteiger partial charge < -0.3 is 10.5 Å². The van der Waals surface area contributed by atoms with E-state index in [9.17, 15) is 0 Å². The quantitative estimate of drug-likeness (QED) is 0.811. The number of hydrogen-bond acceptors (Lipinski definition) is 2. The summed E-state index contributed by atoms with van der Waals surface area (Å²) in [6, 6.07) is 5.54. The molecule has 1 saturated carbocycles. The molecule has 1 fully saturated rings. The van der Waals surface area contributed by atoms with Gasteiger partial charge in [0, 0.05) is 0 Å². The zero-order valence-electron chi connectivity index (χ0n) is 12.0. The first kappa shape index (κ1) is 14.5. The molecule has 0 aromatic heterocycles. The molecule has 0 saturated heterocycles. The summed E-state index contributed by atoms with van der Waals surface area (Å²) >= 11 is 6.21. The van der Waals surface area contributed by atoms with E-state index in [0.29, 0.717) is 34.2 Å². The summed E-state index contributed by atoms with van der Waals surface area (Å²) in [7, 11) is 0. The van der Waals surface area contributed by atoms with Crippen LogP contribution in [-0.4, -0.2) is 6.10 Å². The van der Waals surface area contributed by atoms with Crippen LogP contribution in [0.2, 0.25) is 5.02 Å². The Bertz CT molecular complexity index is 413. The molecule has 3 unspecified atom stereocenters. The Balaban J connectivity index is 2.19. The van der Waals surface area contributed by atoms with E-state index in [1.54, 1.807) is 0 Å². The van der Waals surface area contributed by atoms with Crippen LogP contribution < -0.4 is 10.5 Å². The van der Waals surface area contributed by atoms with Crippen LogP contribution in [0.4, 0.5) is 5.69 Å². The molecule has 1 aliphatic carbocycles. The van der Waals surface area contributed by atoms with E-state index in [4.69, 9.17) is 22.1 Å². The minimum atomic E-state index is 0.228. The van der Waals surface area contributed by atoms with Crippen molar-refractivity contribution in [2.24, 2.45) is 17.8 Å². The van der Waals surface area contributed by atoms with Gasteiger partial charge in [0.15, 0.2) is 5.75 Å². The highest BCUT2D eigenvalue weighted by Crippen LogP contribution is 2.39. The molecule has 3 atom stereocenters. The van der Waals surface area contributed by atoms with Gasteiger partial charge in [0.2, 0.25) is 0 Å². The number of rotatable bonds is 3. The highest BCUT2D eigenvalue weighted by molar-refractivity contribution is 6.32. The molecule has 2 rings (SSSR count). The van der Waals surface area contributed by atoms with Crippen molar-refractivity contribution >= 4 is 17.3 Å². The molecular formula is C16H24ClNO. The van der Waals surface area contributed by atoms with E-state index >= 15 is 0 Å². The Labute approximate surface area is 121 Å². The number of para-hydroxylation sites is 1. The molecule has 0 aliphatic heterocycles. The van der Waals surface area contributed by atoms with Gasteiger partial charge in [-0.2, -0.15) is 0 Å². The van der Waals surface area contributed by atoms with Crippen LogP contribution in [0.3, 0.4) is 0 Å². The Kier molecular flexibility index (Phi) is 4.62. The van der Waals surface area contributed by atoms with Crippen LogP contribution in [0.15, 0.2) is 18.2 Å². The minimum Gasteiger partial charge on any atom is -0.486 e. The number of nitrogen functional groups attached to an aromatic ring is 1. The van der Waals surface area contributed by atoms with Crippen LogP contribution in [0, 0.1) is 17.8 Å². The van der Waals surface area contributed by atoms with Crippen LogP contribution in [0.25, 0.3) is 0 Å². The molecule has 3 heteroatoms. The molecule has 0 spiro atoms. The summed E-state index contributed by atoms with van der Waals surface area (Å²) in [5.74, 6) is 2.59. The zero-order valence-corrected chi connectivity index (χ0v) is 12.8. The minimum absolute atomic E-state index is 0.228. The lowest BCUT2D eigenvalue weighted by molar-refractivity contribution is 0.0466. The lowest BCUT2D eigenvalue weighted by atomic mass is 9.75. The maximum Gasteiger partial charge on any atom is 0.161 e. The largest absolute Gasteiger partial charge is 0.486 e. The maximum atomic E-state index is 6.21. The van der Waals surface area contributed by atoms with Gasteiger partial charge in [0.1, 0.15) is 6.10 Å². The first-order valence-corrected chi connectivity index (χ1v) is 7.57. The van der Waals surface area contributed by atoms with Crippen LogP contribution in [-0.2, 0) is 0 Å². The first-order chi connectivity index (χ1) is 8.99. The fourth-order valence-electron chi connectivity index (χ4n) is 3.05. The van der Waals surface area contributed by atoms with Crippen LogP contribution >= 0.6 is 11.6 Å². The standard InChI is InChI=1S/C16H24ClNO/c1-10(2)12-8-7-11(3)9-15(12)19-16-13(17)5-4-6-14(16)18/h4-6,10-12,15H,7-9,18H2,1-3H3. The van der Waals surface area contributed by atoms with Gasteiger partial charge in [-0.3, -0.25) is 0 Å². The fraction of sp³-hybridized carbons (Fsp3) is 0.625. The van der Waals surface area contributed by atoms with Crippen molar-refractivity contribution in [2.45, 2.75) is 46.1 Å². The van der Waals surface area contributed by atoms with Gasteiger partial charge in [-0.1, -0.05) is 44.9 Å². The highest BCUT2D eigenvalue weighted by Gasteiger charge is 2.32. The van der Waals surface area contributed by atoms with Crippen molar-refractivity contribution in [3.63, 3.8) is 0 Å². The lowest BCUT2D eigenvalue weighted by Crippen LogP contribution is -2.36. The predicted octanol–water partition coefficient (Wildman–Crippen LogP) is 4.76. The molecule has 1 aromatic rings.